The quantitative estimate of drug-likeness (QED) is 0.104. The molecule has 12 heteroatoms. The highest BCUT2D eigenvalue weighted by Gasteiger charge is 2.43. The Kier molecular flexibility index (Phi) is 10.1. The van der Waals surface area contributed by atoms with E-state index < -0.39 is 75.2 Å². The molecule has 49 heavy (non-hydrogen) atoms. The predicted molar refractivity (Wildman–Crippen MR) is 162 cm³/mol. The fraction of sp³-hybridized carbons (Fsp3) is 0.189. The molecule has 5 aromatic carbocycles. The molecular formula is C37H25F11O. The van der Waals surface area contributed by atoms with Crippen molar-refractivity contribution in [2.24, 2.45) is 0 Å². The van der Waals surface area contributed by atoms with E-state index >= 15 is 8.78 Å². The Bertz CT molecular complexity index is 1940. The molecule has 0 bridgehead atoms. The lowest BCUT2D eigenvalue weighted by molar-refractivity contribution is -0.189. The van der Waals surface area contributed by atoms with Crippen molar-refractivity contribution >= 4 is 0 Å². The van der Waals surface area contributed by atoms with E-state index in [1.165, 1.54) is 18.2 Å². The van der Waals surface area contributed by atoms with Crippen molar-refractivity contribution in [3.05, 3.63) is 137 Å². The third-order valence-electron chi connectivity index (χ3n) is 7.79. The average Bonchev–Trinajstić information content (AvgIpc) is 2.99. The number of unbranched alkanes of at least 4 members (excludes halogenated alkanes) is 2. The van der Waals surface area contributed by atoms with Gasteiger partial charge in [-0.2, -0.15) is 22.0 Å². The first-order chi connectivity index (χ1) is 23.1. The van der Waals surface area contributed by atoms with Gasteiger partial charge in [-0.25, -0.2) is 26.3 Å². The number of alkyl halides is 5. The third kappa shape index (κ3) is 7.73. The molecule has 0 spiro atoms. The lowest BCUT2D eigenvalue weighted by atomic mass is 9.96. The molecule has 0 aliphatic heterocycles. The number of benzene rings is 5. The molecule has 0 aliphatic carbocycles. The van der Waals surface area contributed by atoms with Crippen LogP contribution in [0.4, 0.5) is 48.3 Å². The van der Waals surface area contributed by atoms with Crippen molar-refractivity contribution in [3.8, 4) is 39.1 Å². The summed E-state index contributed by atoms with van der Waals surface area (Å²) in [7, 11) is 0. The van der Waals surface area contributed by atoms with Gasteiger partial charge in [-0.1, -0.05) is 68.3 Å². The zero-order chi connectivity index (χ0) is 35.7. The number of hydrogen-bond donors (Lipinski definition) is 0. The van der Waals surface area contributed by atoms with Gasteiger partial charge in [0, 0.05) is 23.3 Å². The summed E-state index contributed by atoms with van der Waals surface area (Å²) >= 11 is 0. The van der Waals surface area contributed by atoms with E-state index in [-0.39, 0.29) is 23.3 Å². The van der Waals surface area contributed by atoms with Crippen LogP contribution in [0.25, 0.3) is 33.4 Å². The van der Waals surface area contributed by atoms with Crippen molar-refractivity contribution < 1.29 is 53.0 Å². The molecule has 0 aliphatic rings. The van der Waals surface area contributed by atoms with Gasteiger partial charge < -0.3 is 4.74 Å². The van der Waals surface area contributed by atoms with E-state index in [1.54, 1.807) is 6.07 Å². The van der Waals surface area contributed by atoms with Gasteiger partial charge in [0.1, 0.15) is 51.8 Å². The monoisotopic (exact) mass is 694 g/mol. The minimum atomic E-state index is -5.50. The van der Waals surface area contributed by atoms with Crippen LogP contribution in [0, 0.1) is 34.9 Å². The van der Waals surface area contributed by atoms with Gasteiger partial charge in [0.25, 0.3) is 0 Å². The lowest BCUT2D eigenvalue weighted by Crippen LogP contribution is -2.25. The highest BCUT2D eigenvalue weighted by molar-refractivity contribution is 5.74. The Balaban J connectivity index is 1.37. The summed E-state index contributed by atoms with van der Waals surface area (Å²) in [5, 5.41) is 0. The number of rotatable bonds is 10. The standard InChI is InChI=1S/C37H25F11O/c1-2-3-4-5-20-6-8-21(9-7-20)22-10-12-26(28(38)14-22)23-11-13-27(29(39)15-23)24-16-30(40)35(31(41)17-24)37(47,48)49-25-18-32(42)34(33(43)19-25)36(44,45)46/h6-19H,2-5H2,1H3. The largest absolute Gasteiger partial charge is 0.432 e. The number of aryl methyl sites for hydroxylation is 1. The fourth-order valence-corrected chi connectivity index (χ4v) is 5.37. The van der Waals surface area contributed by atoms with Crippen molar-refractivity contribution in [3.63, 3.8) is 0 Å². The molecule has 5 aromatic rings. The maximum atomic E-state index is 15.2. The summed E-state index contributed by atoms with van der Waals surface area (Å²) in [6.07, 6.45) is -6.26. The molecule has 0 unspecified atom stereocenters. The minimum Gasteiger partial charge on any atom is -0.429 e. The fourth-order valence-electron chi connectivity index (χ4n) is 5.37. The van der Waals surface area contributed by atoms with Crippen LogP contribution in [0.1, 0.15) is 42.9 Å². The molecule has 256 valence electrons. The van der Waals surface area contributed by atoms with Gasteiger partial charge in [0.2, 0.25) is 0 Å². The summed E-state index contributed by atoms with van der Waals surface area (Å²) in [5.74, 6) is -11.8. The number of hydrogen-bond acceptors (Lipinski definition) is 1. The summed E-state index contributed by atoms with van der Waals surface area (Å²) in [4.78, 5) is 0. The van der Waals surface area contributed by atoms with Gasteiger partial charge in [-0.15, -0.1) is 0 Å². The normalized spacial score (nSPS) is 12.0. The Morgan fingerprint density at radius 2 is 0.959 bits per heavy atom. The van der Waals surface area contributed by atoms with E-state index in [4.69, 9.17) is 0 Å². The van der Waals surface area contributed by atoms with E-state index in [0.29, 0.717) is 17.7 Å². The van der Waals surface area contributed by atoms with Crippen LogP contribution in [0.3, 0.4) is 0 Å². The highest BCUT2D eigenvalue weighted by Crippen LogP contribution is 2.41. The number of ether oxygens (including phenoxy) is 1. The lowest BCUT2D eigenvalue weighted by Gasteiger charge is -2.21. The molecule has 0 N–H and O–H groups in total. The molecule has 0 amide bonds. The van der Waals surface area contributed by atoms with Gasteiger partial charge in [0.05, 0.1) is 0 Å². The van der Waals surface area contributed by atoms with Gasteiger partial charge in [-0.3, -0.25) is 0 Å². The summed E-state index contributed by atoms with van der Waals surface area (Å²) in [6.45, 7) is 2.12. The molecule has 0 fully saturated rings. The second-order valence-corrected chi connectivity index (χ2v) is 11.2. The van der Waals surface area contributed by atoms with E-state index in [1.807, 2.05) is 24.3 Å². The zero-order valence-corrected chi connectivity index (χ0v) is 25.5. The van der Waals surface area contributed by atoms with Crippen molar-refractivity contribution in [2.45, 2.75) is 44.9 Å². The van der Waals surface area contributed by atoms with Gasteiger partial charge in [-0.05, 0) is 64.9 Å². The Labute approximate surface area is 273 Å². The minimum absolute atomic E-state index is 0.0195. The second kappa shape index (κ2) is 13.9. The molecule has 0 aromatic heterocycles. The van der Waals surface area contributed by atoms with Crippen LogP contribution in [-0.4, -0.2) is 0 Å². The van der Waals surface area contributed by atoms with E-state index in [9.17, 15) is 39.5 Å². The third-order valence-corrected chi connectivity index (χ3v) is 7.79. The molecule has 0 saturated heterocycles. The predicted octanol–water partition coefficient (Wildman–Crippen LogP) is 12.4. The first-order valence-corrected chi connectivity index (χ1v) is 14.9. The zero-order valence-electron chi connectivity index (χ0n) is 25.5. The summed E-state index contributed by atoms with van der Waals surface area (Å²) in [5.41, 5.74) is -2.81. The van der Waals surface area contributed by atoms with E-state index in [0.717, 1.165) is 48.9 Å². The average molecular weight is 695 g/mol. The van der Waals surface area contributed by atoms with Crippen LogP contribution < -0.4 is 4.74 Å². The molecule has 0 atom stereocenters. The van der Waals surface area contributed by atoms with Crippen LogP contribution in [0.2, 0.25) is 0 Å². The Morgan fingerprint density at radius 1 is 0.490 bits per heavy atom. The van der Waals surface area contributed by atoms with Crippen LogP contribution in [-0.2, 0) is 18.7 Å². The SMILES string of the molecule is CCCCCc1ccc(-c2ccc(-c3ccc(-c4cc(F)c(C(F)(F)Oc5cc(F)c(C(F)(F)F)c(F)c5)c(F)c4)c(F)c3)c(F)c2)cc1. The molecule has 0 radical (unpaired) electrons. The molecule has 0 heterocycles. The van der Waals surface area contributed by atoms with Crippen molar-refractivity contribution in [1.82, 2.24) is 0 Å². The molecule has 0 saturated carbocycles. The van der Waals surface area contributed by atoms with Gasteiger partial charge in [0.15, 0.2) is 0 Å². The summed E-state index contributed by atoms with van der Waals surface area (Å²) in [6, 6.07) is 15.5. The van der Waals surface area contributed by atoms with Crippen LogP contribution >= 0.6 is 0 Å². The first-order valence-electron chi connectivity index (χ1n) is 14.9. The molecule has 5 rings (SSSR count). The molecule has 1 nitrogen and oxygen atoms in total. The van der Waals surface area contributed by atoms with Crippen molar-refractivity contribution in [1.29, 1.82) is 0 Å². The maximum Gasteiger partial charge on any atom is 0.432 e. The smallest absolute Gasteiger partial charge is 0.429 e. The Hall–Kier alpha value is -4.87. The maximum absolute atomic E-state index is 15.2. The van der Waals surface area contributed by atoms with Gasteiger partial charge >= 0.3 is 12.3 Å². The highest BCUT2D eigenvalue weighted by atomic mass is 19.4. The second-order valence-electron chi connectivity index (χ2n) is 11.2. The topological polar surface area (TPSA) is 9.23 Å². The number of halogens is 11. The van der Waals surface area contributed by atoms with Crippen molar-refractivity contribution in [2.75, 3.05) is 0 Å². The van der Waals surface area contributed by atoms with E-state index in [2.05, 4.69) is 11.7 Å². The van der Waals surface area contributed by atoms with Crippen LogP contribution in [0.5, 0.6) is 5.75 Å². The molecular weight excluding hydrogens is 669 g/mol. The van der Waals surface area contributed by atoms with Crippen LogP contribution in [0.15, 0.2) is 84.9 Å². The Morgan fingerprint density at radius 3 is 1.49 bits per heavy atom. The first kappa shape index (κ1) is 35.4. The summed E-state index contributed by atoms with van der Waals surface area (Å²) < 4.78 is 160.